The Morgan fingerprint density at radius 3 is 2.72 bits per heavy atom. The van der Waals surface area contributed by atoms with E-state index in [1.165, 1.54) is 17.7 Å². The van der Waals surface area contributed by atoms with Gasteiger partial charge in [-0.25, -0.2) is 4.98 Å². The van der Waals surface area contributed by atoms with Gasteiger partial charge in [0.15, 0.2) is 5.13 Å². The molecule has 0 aromatic carbocycles. The maximum atomic E-state index is 12.1. The van der Waals surface area contributed by atoms with E-state index in [4.69, 9.17) is 18.0 Å². The van der Waals surface area contributed by atoms with Crippen molar-refractivity contribution >= 4 is 39.6 Å². The third-order valence-electron chi connectivity index (χ3n) is 3.72. The van der Waals surface area contributed by atoms with Crippen LogP contribution < -0.4 is 11.1 Å². The lowest BCUT2D eigenvalue weighted by molar-refractivity contribution is -0.118. The van der Waals surface area contributed by atoms with Crippen LogP contribution in [-0.4, -0.2) is 15.9 Å². The number of fused-ring (bicyclic) bond motifs is 1. The SMILES string of the molecule is NC(=S)C1(C(=O)Nc2nc3c(s2)CCCC3)CC1. The number of thiocarbonyl (C=S) groups is 1. The molecule has 1 amide bonds. The Hall–Kier alpha value is -1.01. The number of carbonyl (C=O) groups excluding carboxylic acids is 1. The molecule has 1 fully saturated rings. The molecule has 0 atom stereocenters. The fraction of sp³-hybridized carbons (Fsp3) is 0.583. The zero-order valence-corrected chi connectivity index (χ0v) is 11.6. The van der Waals surface area contributed by atoms with Gasteiger partial charge in [-0.1, -0.05) is 12.2 Å². The van der Waals surface area contributed by atoms with E-state index in [2.05, 4.69) is 10.3 Å². The molecule has 18 heavy (non-hydrogen) atoms. The van der Waals surface area contributed by atoms with Gasteiger partial charge >= 0.3 is 0 Å². The van der Waals surface area contributed by atoms with Gasteiger partial charge < -0.3 is 11.1 Å². The number of thiazole rings is 1. The number of hydrogen-bond donors (Lipinski definition) is 2. The van der Waals surface area contributed by atoms with E-state index in [-0.39, 0.29) is 5.91 Å². The highest BCUT2D eigenvalue weighted by atomic mass is 32.1. The molecule has 3 rings (SSSR count). The molecule has 0 radical (unpaired) electrons. The quantitative estimate of drug-likeness (QED) is 0.832. The van der Waals surface area contributed by atoms with Crippen molar-refractivity contribution in [2.75, 3.05) is 5.32 Å². The number of nitrogens with zero attached hydrogens (tertiary/aromatic N) is 1. The summed E-state index contributed by atoms with van der Waals surface area (Å²) in [7, 11) is 0. The number of amides is 1. The summed E-state index contributed by atoms with van der Waals surface area (Å²) < 4.78 is 0. The Labute approximate surface area is 115 Å². The third-order valence-corrected chi connectivity index (χ3v) is 5.19. The topological polar surface area (TPSA) is 68.0 Å². The molecule has 0 bridgehead atoms. The van der Waals surface area contributed by atoms with E-state index >= 15 is 0 Å². The van der Waals surface area contributed by atoms with E-state index < -0.39 is 5.41 Å². The van der Waals surface area contributed by atoms with Crippen LogP contribution in [0.3, 0.4) is 0 Å². The molecule has 1 saturated carbocycles. The van der Waals surface area contributed by atoms with Crippen LogP contribution in [0.15, 0.2) is 0 Å². The number of carbonyl (C=O) groups is 1. The van der Waals surface area contributed by atoms with Crippen LogP contribution in [0.4, 0.5) is 5.13 Å². The molecule has 0 unspecified atom stereocenters. The summed E-state index contributed by atoms with van der Waals surface area (Å²) in [6.07, 6.45) is 6.06. The van der Waals surface area contributed by atoms with Crippen molar-refractivity contribution in [1.29, 1.82) is 0 Å². The summed E-state index contributed by atoms with van der Waals surface area (Å²) in [5.41, 5.74) is 6.20. The molecule has 96 valence electrons. The molecule has 0 saturated heterocycles. The zero-order valence-electron chi connectivity index (χ0n) is 9.99. The lowest BCUT2D eigenvalue weighted by Crippen LogP contribution is -2.34. The van der Waals surface area contributed by atoms with Crippen molar-refractivity contribution in [3.05, 3.63) is 10.6 Å². The maximum absolute atomic E-state index is 12.1. The molecule has 0 aliphatic heterocycles. The van der Waals surface area contributed by atoms with Crippen molar-refractivity contribution in [2.45, 2.75) is 38.5 Å². The van der Waals surface area contributed by atoms with Gasteiger partial charge in [0.1, 0.15) is 0 Å². The summed E-state index contributed by atoms with van der Waals surface area (Å²) in [6, 6.07) is 0. The van der Waals surface area contributed by atoms with Gasteiger partial charge in [-0.05, 0) is 38.5 Å². The van der Waals surface area contributed by atoms with Crippen LogP contribution in [0.25, 0.3) is 0 Å². The van der Waals surface area contributed by atoms with E-state index in [1.807, 2.05) is 0 Å². The van der Waals surface area contributed by atoms with Crippen LogP contribution in [0.1, 0.15) is 36.3 Å². The number of anilines is 1. The van der Waals surface area contributed by atoms with Crippen molar-refractivity contribution in [2.24, 2.45) is 11.1 Å². The second-order valence-corrected chi connectivity index (χ2v) is 6.52. The Morgan fingerprint density at radius 1 is 1.39 bits per heavy atom. The molecule has 2 aliphatic carbocycles. The molecular weight excluding hydrogens is 266 g/mol. The fourth-order valence-electron chi connectivity index (χ4n) is 2.33. The number of hydrogen-bond acceptors (Lipinski definition) is 4. The standard InChI is InChI=1S/C12H15N3OS2/c13-9(17)12(5-6-12)10(16)15-11-14-7-3-1-2-4-8(7)18-11/h1-6H2,(H2,13,17)(H,14,15,16). The van der Waals surface area contributed by atoms with Crippen LogP contribution >= 0.6 is 23.6 Å². The smallest absolute Gasteiger partial charge is 0.239 e. The Kier molecular flexibility index (Phi) is 2.86. The third kappa shape index (κ3) is 1.93. The minimum absolute atomic E-state index is 0.0823. The molecular formula is C12H15N3OS2. The van der Waals surface area contributed by atoms with E-state index in [0.717, 1.165) is 31.4 Å². The first-order chi connectivity index (χ1) is 8.62. The number of aromatic nitrogens is 1. The minimum atomic E-state index is -0.596. The second-order valence-electron chi connectivity index (χ2n) is 5.00. The first-order valence-corrected chi connectivity index (χ1v) is 7.44. The number of nitrogens with two attached hydrogens (primary N) is 1. The highest BCUT2D eigenvalue weighted by molar-refractivity contribution is 7.80. The fourth-order valence-corrected chi connectivity index (χ4v) is 3.67. The summed E-state index contributed by atoms with van der Waals surface area (Å²) in [5.74, 6) is -0.0823. The van der Waals surface area contributed by atoms with Gasteiger partial charge in [0.2, 0.25) is 5.91 Å². The summed E-state index contributed by atoms with van der Waals surface area (Å²) in [4.78, 5) is 18.3. The van der Waals surface area contributed by atoms with E-state index in [0.29, 0.717) is 10.1 Å². The number of nitrogens with one attached hydrogen (secondary N) is 1. The van der Waals surface area contributed by atoms with E-state index in [1.54, 1.807) is 11.3 Å². The average Bonchev–Trinajstić information content (AvgIpc) is 3.05. The van der Waals surface area contributed by atoms with Crippen molar-refractivity contribution < 1.29 is 4.79 Å². The predicted molar refractivity (Wildman–Crippen MR) is 75.8 cm³/mol. The average molecular weight is 281 g/mol. The van der Waals surface area contributed by atoms with Gasteiger partial charge in [0.25, 0.3) is 0 Å². The lowest BCUT2D eigenvalue weighted by atomic mass is 10.0. The molecule has 1 aromatic rings. The number of aryl methyl sites for hydroxylation is 2. The van der Waals surface area contributed by atoms with Crippen molar-refractivity contribution in [3.8, 4) is 0 Å². The van der Waals surface area contributed by atoms with Gasteiger partial charge in [0, 0.05) is 4.88 Å². The summed E-state index contributed by atoms with van der Waals surface area (Å²) >= 11 is 6.57. The molecule has 1 heterocycles. The molecule has 0 spiro atoms. The predicted octanol–water partition coefficient (Wildman–Crippen LogP) is 2.03. The molecule has 3 N–H and O–H groups in total. The highest BCUT2D eigenvalue weighted by Gasteiger charge is 2.53. The number of rotatable bonds is 3. The van der Waals surface area contributed by atoms with Crippen molar-refractivity contribution in [1.82, 2.24) is 4.98 Å². The normalized spacial score (nSPS) is 20.0. The van der Waals surface area contributed by atoms with E-state index in [9.17, 15) is 4.79 Å². The maximum Gasteiger partial charge on any atom is 0.239 e. The first kappa shape index (κ1) is 12.0. The zero-order chi connectivity index (χ0) is 12.8. The minimum Gasteiger partial charge on any atom is -0.392 e. The summed E-state index contributed by atoms with van der Waals surface area (Å²) in [6.45, 7) is 0. The van der Waals surface area contributed by atoms with Crippen LogP contribution in [0.2, 0.25) is 0 Å². The Morgan fingerprint density at radius 2 is 2.11 bits per heavy atom. The molecule has 1 aromatic heterocycles. The van der Waals surface area contributed by atoms with Gasteiger partial charge in [-0.15, -0.1) is 11.3 Å². The Balaban J connectivity index is 1.75. The second kappa shape index (κ2) is 4.28. The Bertz CT molecular complexity index is 496. The monoisotopic (exact) mass is 281 g/mol. The summed E-state index contributed by atoms with van der Waals surface area (Å²) in [5, 5.41) is 3.59. The van der Waals surface area contributed by atoms with Crippen molar-refractivity contribution in [3.63, 3.8) is 0 Å². The van der Waals surface area contributed by atoms with Gasteiger partial charge in [-0.2, -0.15) is 0 Å². The van der Waals surface area contributed by atoms with Crippen LogP contribution in [-0.2, 0) is 17.6 Å². The highest BCUT2D eigenvalue weighted by Crippen LogP contribution is 2.47. The molecule has 2 aliphatic rings. The van der Waals surface area contributed by atoms with Gasteiger partial charge in [0.05, 0.1) is 16.1 Å². The van der Waals surface area contributed by atoms with Gasteiger partial charge in [-0.3, -0.25) is 4.79 Å². The van der Waals surface area contributed by atoms with Crippen LogP contribution in [0.5, 0.6) is 0 Å². The first-order valence-electron chi connectivity index (χ1n) is 6.22. The molecule has 4 nitrogen and oxygen atoms in total. The van der Waals surface area contributed by atoms with Crippen LogP contribution in [0, 0.1) is 5.41 Å². The molecule has 6 heteroatoms. The largest absolute Gasteiger partial charge is 0.392 e. The lowest BCUT2D eigenvalue weighted by Gasteiger charge is -2.11.